The fraction of sp³-hybridized carbons (Fsp3) is 0.0833. The lowest BCUT2D eigenvalue weighted by molar-refractivity contribution is 0.1000. The molecule has 2 aromatic heterocycles. The third-order valence-corrected chi connectivity index (χ3v) is 2.43. The normalized spacial score (nSPS) is 10.1. The monoisotopic (exact) mass is 228 g/mol. The van der Waals surface area contributed by atoms with Crippen LogP contribution in [0, 0.1) is 0 Å². The van der Waals surface area contributed by atoms with Crippen molar-refractivity contribution in [3.05, 3.63) is 53.6 Å². The topological polar surface area (TPSA) is 94.9 Å². The second-order valence-corrected chi connectivity index (χ2v) is 3.62. The Morgan fingerprint density at radius 3 is 2.53 bits per heavy atom. The zero-order valence-corrected chi connectivity index (χ0v) is 9.13. The van der Waals surface area contributed by atoms with E-state index in [1.54, 1.807) is 24.7 Å². The highest BCUT2D eigenvalue weighted by atomic mass is 16.1. The van der Waals surface area contributed by atoms with Gasteiger partial charge in [-0.05, 0) is 23.8 Å². The Hall–Kier alpha value is -2.43. The first-order chi connectivity index (χ1) is 8.18. The first-order valence-corrected chi connectivity index (χ1v) is 5.10. The quantitative estimate of drug-likeness (QED) is 0.810. The Balaban J connectivity index is 2.40. The van der Waals surface area contributed by atoms with E-state index in [-0.39, 0.29) is 0 Å². The smallest absolute Gasteiger partial charge is 0.252 e. The van der Waals surface area contributed by atoms with Gasteiger partial charge >= 0.3 is 0 Å². The lowest BCUT2D eigenvalue weighted by atomic mass is 10.0. The van der Waals surface area contributed by atoms with E-state index in [1.807, 2.05) is 12.1 Å². The van der Waals surface area contributed by atoms with Crippen molar-refractivity contribution in [1.29, 1.82) is 0 Å². The van der Waals surface area contributed by atoms with Crippen LogP contribution < -0.4 is 11.5 Å². The van der Waals surface area contributed by atoms with Crippen LogP contribution >= 0.6 is 0 Å². The van der Waals surface area contributed by atoms with Crippen LogP contribution in [0.25, 0.3) is 0 Å². The average Bonchev–Trinajstić information content (AvgIpc) is 2.30. The predicted molar refractivity (Wildman–Crippen MR) is 64.2 cm³/mol. The number of aromatic nitrogens is 2. The molecule has 0 bridgehead atoms. The van der Waals surface area contributed by atoms with Gasteiger partial charge in [-0.1, -0.05) is 0 Å². The fourth-order valence-corrected chi connectivity index (χ4v) is 1.63. The summed E-state index contributed by atoms with van der Waals surface area (Å²) in [6, 6.07) is 5.28. The molecular weight excluding hydrogens is 216 g/mol. The van der Waals surface area contributed by atoms with Crippen molar-refractivity contribution in [2.75, 3.05) is 5.73 Å². The number of rotatable bonds is 3. The van der Waals surface area contributed by atoms with Crippen molar-refractivity contribution in [1.82, 2.24) is 9.97 Å². The lowest BCUT2D eigenvalue weighted by Crippen LogP contribution is -2.17. The van der Waals surface area contributed by atoms with E-state index >= 15 is 0 Å². The van der Waals surface area contributed by atoms with Gasteiger partial charge in [0, 0.05) is 30.7 Å². The minimum atomic E-state index is -0.556. The van der Waals surface area contributed by atoms with Gasteiger partial charge in [0.15, 0.2) is 0 Å². The fourth-order valence-electron chi connectivity index (χ4n) is 1.63. The summed E-state index contributed by atoms with van der Waals surface area (Å²) in [4.78, 5) is 19.4. The van der Waals surface area contributed by atoms with Gasteiger partial charge in [0.05, 0.1) is 11.3 Å². The molecule has 17 heavy (non-hydrogen) atoms. The van der Waals surface area contributed by atoms with Crippen LogP contribution in [0.5, 0.6) is 0 Å². The number of nitrogens with two attached hydrogens (primary N) is 2. The van der Waals surface area contributed by atoms with E-state index < -0.39 is 5.91 Å². The van der Waals surface area contributed by atoms with Crippen LogP contribution in [0.4, 0.5) is 5.69 Å². The molecule has 0 unspecified atom stereocenters. The summed E-state index contributed by atoms with van der Waals surface area (Å²) in [6.45, 7) is 0. The van der Waals surface area contributed by atoms with Crippen LogP contribution in [0.1, 0.15) is 21.6 Å². The van der Waals surface area contributed by atoms with Gasteiger partial charge in [0.1, 0.15) is 0 Å². The molecule has 0 spiro atoms. The molecule has 0 aliphatic heterocycles. The molecule has 0 aliphatic rings. The summed E-state index contributed by atoms with van der Waals surface area (Å²) in [7, 11) is 0. The first-order valence-electron chi connectivity index (χ1n) is 5.10. The predicted octanol–water partition coefficient (Wildman–Crippen LogP) is 0.748. The number of nitrogens with zero attached hydrogens (tertiary/aromatic N) is 2. The van der Waals surface area contributed by atoms with Gasteiger partial charge in [-0.25, -0.2) is 0 Å². The number of amides is 1. The number of pyridine rings is 2. The van der Waals surface area contributed by atoms with E-state index in [4.69, 9.17) is 11.5 Å². The van der Waals surface area contributed by atoms with Crippen LogP contribution in [0.3, 0.4) is 0 Å². The maximum atomic E-state index is 11.3. The minimum Gasteiger partial charge on any atom is -0.398 e. The Bertz CT molecular complexity index is 539. The molecule has 0 radical (unpaired) electrons. The molecule has 0 fully saturated rings. The Labute approximate surface area is 98.5 Å². The van der Waals surface area contributed by atoms with Gasteiger partial charge < -0.3 is 11.5 Å². The molecule has 0 saturated heterocycles. The van der Waals surface area contributed by atoms with Crippen molar-refractivity contribution < 1.29 is 4.79 Å². The van der Waals surface area contributed by atoms with Gasteiger partial charge in [-0.15, -0.1) is 0 Å². The van der Waals surface area contributed by atoms with Crippen LogP contribution in [0.15, 0.2) is 36.8 Å². The van der Waals surface area contributed by atoms with E-state index in [1.165, 1.54) is 0 Å². The lowest BCUT2D eigenvalue weighted by Gasteiger charge is -2.08. The van der Waals surface area contributed by atoms with Gasteiger partial charge in [0.2, 0.25) is 0 Å². The largest absolute Gasteiger partial charge is 0.398 e. The molecule has 0 aliphatic carbocycles. The Morgan fingerprint density at radius 1 is 1.18 bits per heavy atom. The van der Waals surface area contributed by atoms with Crippen molar-refractivity contribution >= 4 is 11.6 Å². The minimum absolute atomic E-state index is 0.296. The number of carbonyl (C=O) groups excluding carboxylic acids is 1. The molecule has 2 aromatic rings. The highest BCUT2D eigenvalue weighted by molar-refractivity contribution is 5.99. The van der Waals surface area contributed by atoms with Gasteiger partial charge in [0.25, 0.3) is 5.91 Å². The third-order valence-electron chi connectivity index (χ3n) is 2.43. The van der Waals surface area contributed by atoms with E-state index in [0.717, 1.165) is 5.56 Å². The molecule has 86 valence electrons. The zero-order valence-electron chi connectivity index (χ0n) is 9.13. The summed E-state index contributed by atoms with van der Waals surface area (Å²) in [6.07, 6.45) is 5.45. The SMILES string of the molecule is NC(=O)c1c(N)ccnc1Cc1ccncc1. The third kappa shape index (κ3) is 2.39. The summed E-state index contributed by atoms with van der Waals surface area (Å²) in [5.41, 5.74) is 13.3. The molecule has 5 heteroatoms. The summed E-state index contributed by atoms with van der Waals surface area (Å²) in [5, 5.41) is 0. The molecule has 5 nitrogen and oxygen atoms in total. The van der Waals surface area contributed by atoms with E-state index in [9.17, 15) is 4.79 Å². The van der Waals surface area contributed by atoms with Crippen LogP contribution in [-0.2, 0) is 6.42 Å². The molecule has 0 aromatic carbocycles. The molecule has 4 N–H and O–H groups in total. The maximum absolute atomic E-state index is 11.3. The summed E-state index contributed by atoms with van der Waals surface area (Å²) in [5.74, 6) is -0.556. The van der Waals surface area contributed by atoms with Crippen molar-refractivity contribution in [2.24, 2.45) is 5.73 Å². The van der Waals surface area contributed by atoms with E-state index in [2.05, 4.69) is 9.97 Å². The number of carbonyl (C=O) groups is 1. The zero-order chi connectivity index (χ0) is 12.3. The average molecular weight is 228 g/mol. The number of hydrogen-bond donors (Lipinski definition) is 2. The highest BCUT2D eigenvalue weighted by Crippen LogP contribution is 2.17. The summed E-state index contributed by atoms with van der Waals surface area (Å²) >= 11 is 0. The van der Waals surface area contributed by atoms with Crippen molar-refractivity contribution in [2.45, 2.75) is 6.42 Å². The molecular formula is C12H12N4O. The van der Waals surface area contributed by atoms with Crippen LogP contribution in [0.2, 0.25) is 0 Å². The number of anilines is 1. The van der Waals surface area contributed by atoms with Crippen molar-refractivity contribution in [3.63, 3.8) is 0 Å². The number of primary amides is 1. The maximum Gasteiger partial charge on any atom is 0.252 e. The molecule has 0 atom stereocenters. The molecule has 2 rings (SSSR count). The van der Waals surface area contributed by atoms with Gasteiger partial charge in [-0.3, -0.25) is 14.8 Å². The van der Waals surface area contributed by atoms with Gasteiger partial charge in [-0.2, -0.15) is 0 Å². The molecule has 2 heterocycles. The van der Waals surface area contributed by atoms with Crippen LogP contribution in [-0.4, -0.2) is 15.9 Å². The standard InChI is InChI=1S/C12H12N4O/c13-9-3-6-16-10(11(9)12(14)17)7-8-1-4-15-5-2-8/h1-6H,7H2,(H2,13,16)(H2,14,17). The summed E-state index contributed by atoms with van der Waals surface area (Å²) < 4.78 is 0. The second kappa shape index (κ2) is 4.61. The van der Waals surface area contributed by atoms with Crippen molar-refractivity contribution in [3.8, 4) is 0 Å². The molecule has 0 saturated carbocycles. The highest BCUT2D eigenvalue weighted by Gasteiger charge is 2.13. The Kier molecular flexibility index (Phi) is 3.00. The Morgan fingerprint density at radius 2 is 1.88 bits per heavy atom. The number of hydrogen-bond acceptors (Lipinski definition) is 4. The first kappa shape index (κ1) is 11.1. The van der Waals surface area contributed by atoms with E-state index in [0.29, 0.717) is 23.4 Å². The molecule has 1 amide bonds. The number of nitrogen functional groups attached to an aromatic ring is 1. The second-order valence-electron chi connectivity index (χ2n) is 3.62.